The van der Waals surface area contributed by atoms with Crippen molar-refractivity contribution < 1.29 is 27.5 Å². The number of hydrogen-bond acceptors (Lipinski definition) is 12. The third kappa shape index (κ3) is 8.63. The van der Waals surface area contributed by atoms with Gasteiger partial charge < -0.3 is 29.8 Å². The summed E-state index contributed by atoms with van der Waals surface area (Å²) in [4.78, 5) is 46.1. The van der Waals surface area contributed by atoms with Gasteiger partial charge in [0.2, 0.25) is 0 Å². The number of aldehydes is 1. The Balaban J connectivity index is 0.909. The predicted molar refractivity (Wildman–Crippen MR) is 241 cm³/mol. The number of aromatic nitrogens is 4. The number of carbonyl (C=O) groups excluding carboxylic acids is 2. The number of rotatable bonds is 13. The van der Waals surface area contributed by atoms with Crippen molar-refractivity contribution in [2.45, 2.75) is 81.9 Å². The number of carbonyl (C=O) groups is 2. The molecule has 4 heterocycles. The van der Waals surface area contributed by atoms with Crippen LogP contribution >= 0.6 is 12.1 Å². The number of nitrogens with one attached hydrogen (secondary N) is 3. The number of urea groups is 1. The maximum atomic E-state index is 16.3. The summed E-state index contributed by atoms with van der Waals surface area (Å²) in [7, 11) is 5.12. The van der Waals surface area contributed by atoms with Gasteiger partial charge in [-0.05, 0) is 99.9 Å². The van der Waals surface area contributed by atoms with Crippen LogP contribution in [0.2, 0.25) is 0 Å². The zero-order chi connectivity index (χ0) is 45.3. The molecule has 0 bridgehead atoms. The SMILES string of the molecule is CCN(C)SNc1ccc(F)c(Nc2ccc3ncn(C4COC5(CCN(C6CCC(c7cc8c(cc7F)c(N(CCC=O)C(=O)NC)nn8C)CC6)CC5)C4)c(=O)c3c2F)c1C#N. The molecule has 338 valence electrons. The first-order valence-corrected chi connectivity index (χ1v) is 22.5. The number of hydrogen-bond donors (Lipinski definition) is 3. The van der Waals surface area contributed by atoms with Crippen LogP contribution in [-0.2, 0) is 16.6 Å². The number of amides is 2. The lowest BCUT2D eigenvalue weighted by Gasteiger charge is -2.44. The molecule has 15 nitrogen and oxygen atoms in total. The van der Waals surface area contributed by atoms with Gasteiger partial charge >= 0.3 is 6.03 Å². The molecule has 3 aromatic carbocycles. The van der Waals surface area contributed by atoms with E-state index in [-0.39, 0.29) is 65.2 Å². The minimum absolute atomic E-state index is 0.0337. The number of fused-ring (bicyclic) bond motifs is 2. The largest absolute Gasteiger partial charge is 0.373 e. The van der Waals surface area contributed by atoms with E-state index in [0.29, 0.717) is 47.0 Å². The van der Waals surface area contributed by atoms with Crippen LogP contribution in [0.25, 0.3) is 21.8 Å². The van der Waals surface area contributed by atoms with Gasteiger partial charge in [0.15, 0.2) is 11.6 Å². The van der Waals surface area contributed by atoms with Gasteiger partial charge in [-0.1, -0.05) is 6.92 Å². The molecule has 64 heavy (non-hydrogen) atoms. The molecule has 5 aromatic rings. The van der Waals surface area contributed by atoms with E-state index in [4.69, 9.17) is 4.74 Å². The van der Waals surface area contributed by atoms with Crippen molar-refractivity contribution in [2.75, 3.05) is 61.8 Å². The molecule has 19 heteroatoms. The third-order valence-corrected chi connectivity index (χ3v) is 14.1. The Labute approximate surface area is 373 Å². The fourth-order valence-electron chi connectivity index (χ4n) is 9.57. The second kappa shape index (κ2) is 18.8. The van der Waals surface area contributed by atoms with Crippen molar-refractivity contribution in [3.63, 3.8) is 0 Å². The molecular weight excluding hydrogens is 848 g/mol. The van der Waals surface area contributed by atoms with Crippen molar-refractivity contribution >= 4 is 69.1 Å². The Morgan fingerprint density at radius 2 is 1.83 bits per heavy atom. The summed E-state index contributed by atoms with van der Waals surface area (Å²) in [6.45, 7) is 4.70. The highest BCUT2D eigenvalue weighted by Crippen LogP contribution is 2.44. The molecular formula is C45H52F3N11O4S. The van der Waals surface area contributed by atoms with Crippen molar-refractivity contribution in [3.05, 3.63) is 81.7 Å². The van der Waals surface area contributed by atoms with Crippen LogP contribution in [0.3, 0.4) is 0 Å². The number of likely N-dealkylation sites (tertiary alicyclic amines) is 1. The second-order valence-corrected chi connectivity index (χ2v) is 17.9. The van der Waals surface area contributed by atoms with Gasteiger partial charge in [0.1, 0.15) is 34.9 Å². The van der Waals surface area contributed by atoms with E-state index in [1.165, 1.54) is 65.3 Å². The van der Waals surface area contributed by atoms with Gasteiger partial charge in [0.25, 0.3) is 5.56 Å². The number of ether oxygens (including phenoxy) is 1. The number of nitrogens with zero attached hydrogens (tertiary/aromatic N) is 8. The summed E-state index contributed by atoms with van der Waals surface area (Å²) >= 11 is 1.23. The number of nitriles is 1. The van der Waals surface area contributed by atoms with Crippen molar-refractivity contribution in [1.29, 1.82) is 5.26 Å². The first-order chi connectivity index (χ1) is 30.9. The lowest BCUT2D eigenvalue weighted by atomic mass is 9.79. The van der Waals surface area contributed by atoms with E-state index in [1.807, 2.05) is 30.4 Å². The number of benzene rings is 3. The topological polar surface area (TPSA) is 166 Å². The molecule has 1 unspecified atom stereocenters. The highest BCUT2D eigenvalue weighted by atomic mass is 32.2. The number of aryl methyl sites for hydroxylation is 1. The molecule has 2 aliphatic heterocycles. The van der Waals surface area contributed by atoms with Crippen LogP contribution < -0.4 is 25.8 Å². The van der Waals surface area contributed by atoms with Gasteiger partial charge in [-0.3, -0.25) is 18.9 Å². The Hall–Kier alpha value is -5.68. The normalized spacial score (nSPS) is 19.9. The lowest BCUT2D eigenvalue weighted by Crippen LogP contribution is -2.49. The van der Waals surface area contributed by atoms with E-state index in [1.54, 1.807) is 11.7 Å². The van der Waals surface area contributed by atoms with Crippen molar-refractivity contribution in [3.8, 4) is 6.07 Å². The third-order valence-electron chi connectivity index (χ3n) is 13.3. The fraction of sp³-hybridized carbons (Fsp3) is 0.467. The minimum atomic E-state index is -0.895. The average Bonchev–Trinajstić information content (AvgIpc) is 3.86. The monoisotopic (exact) mass is 899 g/mol. The molecule has 2 saturated heterocycles. The minimum Gasteiger partial charge on any atom is -0.373 e. The smallest absolute Gasteiger partial charge is 0.322 e. The second-order valence-electron chi connectivity index (χ2n) is 16.9. The summed E-state index contributed by atoms with van der Waals surface area (Å²) in [5.74, 6) is -1.64. The summed E-state index contributed by atoms with van der Waals surface area (Å²) in [5, 5.41) is 20.1. The van der Waals surface area contributed by atoms with E-state index in [9.17, 15) is 19.6 Å². The number of halogens is 3. The zero-order valence-corrected chi connectivity index (χ0v) is 37.1. The predicted octanol–water partition coefficient (Wildman–Crippen LogP) is 7.50. The summed E-state index contributed by atoms with van der Waals surface area (Å²) in [5.41, 5.74) is 0.429. The average molecular weight is 900 g/mol. The number of anilines is 4. The van der Waals surface area contributed by atoms with Gasteiger partial charge in [-0.2, -0.15) is 10.4 Å². The summed E-state index contributed by atoms with van der Waals surface area (Å²) in [6, 6.07) is 10.4. The van der Waals surface area contributed by atoms with Gasteiger partial charge in [-0.15, -0.1) is 0 Å². The molecule has 1 spiro atoms. The lowest BCUT2D eigenvalue weighted by molar-refractivity contribution is -0.107. The van der Waals surface area contributed by atoms with E-state index < -0.39 is 28.8 Å². The first-order valence-electron chi connectivity index (χ1n) is 21.7. The van der Waals surface area contributed by atoms with E-state index in [0.717, 1.165) is 57.9 Å². The van der Waals surface area contributed by atoms with Crippen LogP contribution in [-0.4, -0.2) is 99.4 Å². The molecule has 1 saturated carbocycles. The van der Waals surface area contributed by atoms with Crippen LogP contribution in [0.15, 0.2) is 47.5 Å². The van der Waals surface area contributed by atoms with Crippen molar-refractivity contribution in [2.24, 2.45) is 7.05 Å². The highest BCUT2D eigenvalue weighted by Gasteiger charge is 2.45. The Kier molecular flexibility index (Phi) is 13.2. The number of piperidine rings is 1. The van der Waals surface area contributed by atoms with Crippen LogP contribution in [0, 0.1) is 28.8 Å². The Bertz CT molecular complexity index is 2670. The molecule has 0 radical (unpaired) electrons. The van der Waals surface area contributed by atoms with Gasteiger partial charge in [-0.25, -0.2) is 27.3 Å². The summed E-state index contributed by atoms with van der Waals surface area (Å²) in [6.07, 6.45) is 7.86. The molecule has 2 aromatic heterocycles. The van der Waals surface area contributed by atoms with Crippen LogP contribution in [0.1, 0.15) is 81.4 Å². The van der Waals surface area contributed by atoms with E-state index in [2.05, 4.69) is 30.3 Å². The molecule has 3 N–H and O–H groups in total. The Morgan fingerprint density at radius 3 is 2.53 bits per heavy atom. The molecule has 3 fully saturated rings. The zero-order valence-electron chi connectivity index (χ0n) is 36.3. The van der Waals surface area contributed by atoms with Gasteiger partial charge in [0, 0.05) is 70.3 Å². The molecule has 1 atom stereocenters. The fourth-order valence-corrected chi connectivity index (χ4v) is 10.1. The highest BCUT2D eigenvalue weighted by molar-refractivity contribution is 7.98. The molecule has 2 amide bonds. The molecule has 3 aliphatic rings. The van der Waals surface area contributed by atoms with Crippen LogP contribution in [0.4, 0.5) is 40.8 Å². The van der Waals surface area contributed by atoms with Crippen molar-refractivity contribution in [1.82, 2.24) is 33.9 Å². The standard InChI is InChI=1S/C45H52F3N11O4S/c1-5-55(3)64-54-35-12-11-33(46)41(32(35)24-49)52-37-14-13-36-39(40(37)48)43(61)59(26-51-36)29-23-45(63-25-29)15-18-57(19-16-45)28-9-7-27(8-10-28)30-22-38-31(21-34(30)47)42(53-56(38)4)58(17-6-20-60)44(62)50-2/h11-14,20-22,26-29,52,54H,5-10,15-19,23,25H2,1-4H3,(H,50,62). The maximum absolute atomic E-state index is 16.3. The maximum Gasteiger partial charge on any atom is 0.322 e. The molecule has 1 aliphatic carbocycles. The van der Waals surface area contributed by atoms with Crippen LogP contribution in [0.5, 0.6) is 0 Å². The van der Waals surface area contributed by atoms with Gasteiger partial charge in [0.05, 0.1) is 52.7 Å². The quantitative estimate of drug-likeness (QED) is 0.0789. The summed E-state index contributed by atoms with van der Waals surface area (Å²) < 4.78 is 61.8. The first kappa shape index (κ1) is 44.9. The van der Waals surface area contributed by atoms with E-state index >= 15 is 13.2 Å². The molecule has 8 rings (SSSR count). The Morgan fingerprint density at radius 1 is 1.08 bits per heavy atom.